The molecule has 0 radical (unpaired) electrons. The van der Waals surface area contributed by atoms with Crippen molar-refractivity contribution in [3.8, 4) is 5.69 Å². The Kier molecular flexibility index (Phi) is 7.69. The number of aliphatic imine (C=N–C) groups is 1. The minimum atomic E-state index is -0.198. The zero-order valence-electron chi connectivity index (χ0n) is 16.7. The van der Waals surface area contributed by atoms with Crippen molar-refractivity contribution in [1.82, 2.24) is 20.4 Å². The lowest BCUT2D eigenvalue weighted by atomic mass is 10.1. The van der Waals surface area contributed by atoms with Crippen molar-refractivity contribution in [2.45, 2.75) is 18.7 Å². The lowest BCUT2D eigenvalue weighted by Gasteiger charge is -2.14. The lowest BCUT2D eigenvalue weighted by molar-refractivity contribution is 0.625. The number of rotatable bonds is 8. The molecular formula is C22H26FN5S. The molecule has 0 aliphatic carbocycles. The summed E-state index contributed by atoms with van der Waals surface area (Å²) in [6.07, 6.45) is 6.78. The first-order valence-corrected chi connectivity index (χ1v) is 10.9. The van der Waals surface area contributed by atoms with E-state index in [9.17, 15) is 4.39 Å². The normalized spacial score (nSPS) is 11.5. The van der Waals surface area contributed by atoms with E-state index in [-0.39, 0.29) is 5.82 Å². The molecule has 0 unspecified atom stereocenters. The van der Waals surface area contributed by atoms with Crippen LogP contribution in [0.3, 0.4) is 0 Å². The summed E-state index contributed by atoms with van der Waals surface area (Å²) in [5, 5.41) is 11.1. The number of para-hydroxylation sites is 1. The number of nitrogens with one attached hydrogen (secondary N) is 2. The molecule has 0 aliphatic rings. The fourth-order valence-corrected chi connectivity index (χ4v) is 3.57. The van der Waals surface area contributed by atoms with E-state index in [1.807, 2.05) is 59.7 Å². The van der Waals surface area contributed by atoms with E-state index >= 15 is 0 Å². The van der Waals surface area contributed by atoms with E-state index in [4.69, 9.17) is 0 Å². The van der Waals surface area contributed by atoms with Crippen molar-refractivity contribution in [3.63, 3.8) is 0 Å². The molecule has 29 heavy (non-hydrogen) atoms. The second-order valence-corrected chi connectivity index (χ2v) is 7.44. The molecule has 7 heteroatoms. The predicted octanol–water partition coefficient (Wildman–Crippen LogP) is 3.78. The fraction of sp³-hybridized carbons (Fsp3) is 0.273. The van der Waals surface area contributed by atoms with Crippen molar-refractivity contribution >= 4 is 17.7 Å². The molecule has 0 saturated heterocycles. The van der Waals surface area contributed by atoms with Crippen molar-refractivity contribution in [1.29, 1.82) is 0 Å². The first-order chi connectivity index (χ1) is 14.2. The summed E-state index contributed by atoms with van der Waals surface area (Å²) >= 11 is 1.68. The third kappa shape index (κ3) is 6.09. The van der Waals surface area contributed by atoms with E-state index in [1.165, 1.54) is 6.07 Å². The van der Waals surface area contributed by atoms with Crippen LogP contribution in [0.15, 0.2) is 65.9 Å². The van der Waals surface area contributed by atoms with E-state index in [2.05, 4.69) is 20.7 Å². The molecule has 2 N–H and O–H groups in total. The van der Waals surface area contributed by atoms with Crippen LogP contribution in [0.1, 0.15) is 16.7 Å². The van der Waals surface area contributed by atoms with Crippen LogP contribution in [-0.2, 0) is 18.7 Å². The van der Waals surface area contributed by atoms with Gasteiger partial charge >= 0.3 is 0 Å². The zero-order chi connectivity index (χ0) is 20.5. The van der Waals surface area contributed by atoms with Gasteiger partial charge in [-0.1, -0.05) is 24.3 Å². The van der Waals surface area contributed by atoms with Crippen LogP contribution < -0.4 is 10.6 Å². The highest BCUT2D eigenvalue weighted by atomic mass is 32.2. The standard InChI is InChI=1S/C22H26FN5S/c1-24-22(26-14-18-8-9-20(23)12-19(18)16-29-2)25-11-10-17-13-27-28(15-17)21-6-4-3-5-7-21/h3-9,12-13,15H,10-11,14,16H2,1-2H3,(H2,24,25,26). The van der Waals surface area contributed by atoms with Crippen LogP contribution in [-0.4, -0.2) is 35.6 Å². The van der Waals surface area contributed by atoms with Gasteiger partial charge < -0.3 is 10.6 Å². The third-order valence-corrected chi connectivity index (χ3v) is 5.10. The number of benzene rings is 2. The summed E-state index contributed by atoms with van der Waals surface area (Å²) in [4.78, 5) is 4.27. The Morgan fingerprint density at radius 1 is 1.14 bits per heavy atom. The molecule has 1 aromatic heterocycles. The number of thioether (sulfide) groups is 1. The minimum absolute atomic E-state index is 0.198. The van der Waals surface area contributed by atoms with Gasteiger partial charge in [-0.2, -0.15) is 16.9 Å². The van der Waals surface area contributed by atoms with E-state index in [1.54, 1.807) is 24.9 Å². The van der Waals surface area contributed by atoms with Gasteiger partial charge in [0.15, 0.2) is 5.96 Å². The number of hydrogen-bond acceptors (Lipinski definition) is 3. The molecule has 0 fully saturated rings. The topological polar surface area (TPSA) is 54.2 Å². The Morgan fingerprint density at radius 2 is 1.97 bits per heavy atom. The molecule has 3 aromatic rings. The van der Waals surface area contributed by atoms with Gasteiger partial charge in [-0.05, 0) is 53.6 Å². The monoisotopic (exact) mass is 411 g/mol. The molecule has 0 spiro atoms. The predicted molar refractivity (Wildman–Crippen MR) is 119 cm³/mol. The van der Waals surface area contributed by atoms with Crippen LogP contribution in [0.25, 0.3) is 5.69 Å². The van der Waals surface area contributed by atoms with Crippen molar-refractivity contribution in [2.24, 2.45) is 4.99 Å². The van der Waals surface area contributed by atoms with Gasteiger partial charge in [-0.15, -0.1) is 0 Å². The molecule has 3 rings (SSSR count). The Labute approximate surface area is 175 Å². The Balaban J connectivity index is 1.50. The summed E-state index contributed by atoms with van der Waals surface area (Å²) in [5.41, 5.74) is 4.28. The third-order valence-electron chi connectivity index (χ3n) is 4.50. The maximum absolute atomic E-state index is 13.5. The molecule has 0 bridgehead atoms. The molecular weight excluding hydrogens is 385 g/mol. The molecule has 152 valence electrons. The van der Waals surface area contributed by atoms with Crippen LogP contribution in [0.2, 0.25) is 0 Å². The Bertz CT molecular complexity index is 939. The van der Waals surface area contributed by atoms with Gasteiger partial charge in [0.25, 0.3) is 0 Å². The smallest absolute Gasteiger partial charge is 0.191 e. The average molecular weight is 412 g/mol. The molecule has 0 aliphatic heterocycles. The van der Waals surface area contributed by atoms with Crippen molar-refractivity contribution in [2.75, 3.05) is 19.8 Å². The second kappa shape index (κ2) is 10.7. The maximum atomic E-state index is 13.5. The van der Waals surface area contributed by atoms with Gasteiger partial charge in [-0.25, -0.2) is 9.07 Å². The number of aromatic nitrogens is 2. The second-order valence-electron chi connectivity index (χ2n) is 6.58. The molecule has 2 aromatic carbocycles. The summed E-state index contributed by atoms with van der Waals surface area (Å²) in [5.74, 6) is 1.31. The van der Waals surface area contributed by atoms with Crippen LogP contribution >= 0.6 is 11.8 Å². The van der Waals surface area contributed by atoms with Gasteiger partial charge in [-0.3, -0.25) is 4.99 Å². The average Bonchev–Trinajstić information content (AvgIpc) is 3.21. The zero-order valence-corrected chi connectivity index (χ0v) is 17.5. The minimum Gasteiger partial charge on any atom is -0.356 e. The number of guanidine groups is 1. The fourth-order valence-electron chi connectivity index (χ4n) is 2.99. The Morgan fingerprint density at radius 3 is 2.72 bits per heavy atom. The largest absolute Gasteiger partial charge is 0.356 e. The highest BCUT2D eigenvalue weighted by Crippen LogP contribution is 2.16. The first kappa shape index (κ1) is 20.9. The van der Waals surface area contributed by atoms with Gasteiger partial charge in [0.05, 0.1) is 11.9 Å². The molecule has 0 saturated carbocycles. The van der Waals surface area contributed by atoms with E-state index in [0.717, 1.165) is 47.1 Å². The molecule has 1 heterocycles. The molecule has 5 nitrogen and oxygen atoms in total. The summed E-state index contributed by atoms with van der Waals surface area (Å²) < 4.78 is 15.4. The van der Waals surface area contributed by atoms with E-state index in [0.29, 0.717) is 6.54 Å². The van der Waals surface area contributed by atoms with Gasteiger partial charge in [0.2, 0.25) is 0 Å². The summed E-state index contributed by atoms with van der Waals surface area (Å²) in [6, 6.07) is 15.0. The van der Waals surface area contributed by atoms with Crippen LogP contribution in [0, 0.1) is 5.82 Å². The molecule has 0 atom stereocenters. The number of halogens is 1. The van der Waals surface area contributed by atoms with Crippen LogP contribution in [0.4, 0.5) is 4.39 Å². The molecule has 0 amide bonds. The lowest BCUT2D eigenvalue weighted by Crippen LogP contribution is -2.38. The first-order valence-electron chi connectivity index (χ1n) is 9.49. The Hall–Kier alpha value is -2.80. The van der Waals surface area contributed by atoms with E-state index < -0.39 is 0 Å². The van der Waals surface area contributed by atoms with Crippen molar-refractivity contribution in [3.05, 3.63) is 83.4 Å². The van der Waals surface area contributed by atoms with Gasteiger partial charge in [0, 0.05) is 32.1 Å². The quantitative estimate of drug-likeness (QED) is 0.438. The van der Waals surface area contributed by atoms with Gasteiger partial charge in [0.1, 0.15) is 5.82 Å². The number of hydrogen-bond donors (Lipinski definition) is 2. The highest BCUT2D eigenvalue weighted by Gasteiger charge is 2.06. The van der Waals surface area contributed by atoms with Crippen molar-refractivity contribution < 1.29 is 4.39 Å². The summed E-state index contributed by atoms with van der Waals surface area (Å²) in [6.45, 7) is 1.34. The summed E-state index contributed by atoms with van der Waals surface area (Å²) in [7, 11) is 1.75. The van der Waals surface area contributed by atoms with Crippen LogP contribution in [0.5, 0.6) is 0 Å². The maximum Gasteiger partial charge on any atom is 0.191 e. The number of nitrogens with zero attached hydrogens (tertiary/aromatic N) is 3. The highest BCUT2D eigenvalue weighted by molar-refractivity contribution is 7.97. The SMILES string of the molecule is CN=C(NCCc1cnn(-c2ccccc2)c1)NCc1ccc(F)cc1CSC.